The van der Waals surface area contributed by atoms with Crippen molar-refractivity contribution >= 4 is 22.8 Å². The van der Waals surface area contributed by atoms with Gasteiger partial charge in [-0.3, -0.25) is 9.59 Å². The van der Waals surface area contributed by atoms with Crippen LogP contribution in [0.5, 0.6) is 0 Å². The fraction of sp³-hybridized carbons (Fsp3) is 0.800. The van der Waals surface area contributed by atoms with E-state index in [-0.39, 0.29) is 16.3 Å². The van der Waals surface area contributed by atoms with Gasteiger partial charge in [-0.25, -0.2) is 0 Å². The van der Waals surface area contributed by atoms with Crippen LogP contribution in [0.1, 0.15) is 13.3 Å². The lowest BCUT2D eigenvalue weighted by Gasteiger charge is -2.16. The zero-order chi connectivity index (χ0) is 12.0. The second-order valence-corrected chi connectivity index (χ2v) is 5.29. The summed E-state index contributed by atoms with van der Waals surface area (Å²) in [6, 6.07) is 0. The molecule has 3 N–H and O–H groups in total. The molecule has 5 nitrogen and oxygen atoms in total. The molecule has 1 aliphatic rings. The third-order valence-electron chi connectivity index (χ3n) is 2.39. The number of hydrogen-bond donors (Lipinski definition) is 2. The van der Waals surface area contributed by atoms with Gasteiger partial charge in [-0.1, -0.05) is 11.8 Å². The lowest BCUT2D eigenvalue weighted by molar-refractivity contribution is -0.127. The summed E-state index contributed by atoms with van der Waals surface area (Å²) in [6.07, 6.45) is 0.487. The Bertz CT molecular complexity index is 260. The predicted molar refractivity (Wildman–Crippen MR) is 65.2 cm³/mol. The molecule has 1 heterocycles. The van der Waals surface area contributed by atoms with Gasteiger partial charge in [-0.05, 0) is 0 Å². The van der Waals surface area contributed by atoms with Crippen LogP contribution in [0.4, 0.5) is 0 Å². The van der Waals surface area contributed by atoms with Crippen molar-refractivity contribution in [3.63, 3.8) is 0 Å². The van der Waals surface area contributed by atoms with E-state index in [2.05, 4.69) is 5.32 Å². The summed E-state index contributed by atoms with van der Waals surface area (Å²) >= 11 is 1.27. The molecule has 1 amide bonds. The lowest BCUT2D eigenvalue weighted by atomic mass is 10.4. The van der Waals surface area contributed by atoms with Gasteiger partial charge < -0.3 is 16.0 Å². The highest BCUT2D eigenvalue weighted by atomic mass is 32.2. The molecule has 1 rings (SSSR count). The number of hydrogen-bond acceptors (Lipinski definition) is 5. The summed E-state index contributed by atoms with van der Waals surface area (Å²) in [5.74, 6) is 0.147. The molecule has 0 bridgehead atoms. The van der Waals surface area contributed by atoms with Gasteiger partial charge in [0.1, 0.15) is 0 Å². The van der Waals surface area contributed by atoms with Crippen LogP contribution >= 0.6 is 11.8 Å². The largest absolute Gasteiger partial charge is 0.340 e. The minimum Gasteiger partial charge on any atom is -0.340 e. The van der Waals surface area contributed by atoms with Gasteiger partial charge in [0.05, 0.1) is 0 Å². The first-order valence-corrected chi connectivity index (χ1v) is 6.37. The topological polar surface area (TPSA) is 75.4 Å². The van der Waals surface area contributed by atoms with Crippen LogP contribution in [0.15, 0.2) is 0 Å². The van der Waals surface area contributed by atoms with Crippen molar-refractivity contribution < 1.29 is 9.59 Å². The number of nitrogens with zero attached hydrogens (tertiary/aromatic N) is 1. The molecular formula is C10H19N3O2S. The quantitative estimate of drug-likeness (QED) is 0.612. The van der Waals surface area contributed by atoms with Crippen LogP contribution < -0.4 is 11.1 Å². The van der Waals surface area contributed by atoms with E-state index in [1.807, 2.05) is 4.90 Å². The molecule has 1 fully saturated rings. The number of amides is 1. The highest BCUT2D eigenvalue weighted by Gasteiger charge is 2.30. The summed E-state index contributed by atoms with van der Waals surface area (Å²) in [5.41, 5.74) is 5.34. The van der Waals surface area contributed by atoms with Crippen LogP contribution in [-0.2, 0) is 9.59 Å². The molecule has 92 valence electrons. The maximum absolute atomic E-state index is 11.6. The lowest BCUT2D eigenvalue weighted by Crippen LogP contribution is -2.35. The van der Waals surface area contributed by atoms with Crippen LogP contribution in [0, 0.1) is 0 Å². The molecular weight excluding hydrogens is 226 g/mol. The molecule has 1 atom stereocenters. The molecule has 16 heavy (non-hydrogen) atoms. The Hall–Kier alpha value is -0.590. The molecule has 1 unspecified atom stereocenters. The molecule has 0 aliphatic carbocycles. The minimum atomic E-state index is 0.0842. The summed E-state index contributed by atoms with van der Waals surface area (Å²) in [5, 5.41) is 3.37. The van der Waals surface area contributed by atoms with Gasteiger partial charge in [0, 0.05) is 51.3 Å². The zero-order valence-electron chi connectivity index (χ0n) is 9.57. The molecule has 1 aliphatic heterocycles. The van der Waals surface area contributed by atoms with Gasteiger partial charge >= 0.3 is 0 Å². The highest BCUT2D eigenvalue weighted by Crippen LogP contribution is 2.23. The Labute approximate surface area is 100 Å². The molecule has 0 aromatic carbocycles. The van der Waals surface area contributed by atoms with E-state index in [0.717, 1.165) is 13.1 Å². The Morgan fingerprint density at radius 1 is 1.62 bits per heavy atom. The van der Waals surface area contributed by atoms with Crippen molar-refractivity contribution in [3.8, 4) is 0 Å². The SMILES string of the molecule is CC(=O)SC1CC(=O)N(CCNCCN)C1. The molecule has 0 aromatic rings. The Balaban J connectivity index is 2.23. The van der Waals surface area contributed by atoms with E-state index in [9.17, 15) is 9.59 Å². The van der Waals surface area contributed by atoms with Crippen molar-refractivity contribution in [2.45, 2.75) is 18.6 Å². The van der Waals surface area contributed by atoms with E-state index in [1.165, 1.54) is 11.8 Å². The first-order valence-electron chi connectivity index (χ1n) is 5.49. The maximum atomic E-state index is 11.6. The Morgan fingerprint density at radius 3 is 3.00 bits per heavy atom. The summed E-state index contributed by atoms with van der Waals surface area (Å²) in [6.45, 7) is 5.08. The average Bonchev–Trinajstić information content (AvgIpc) is 2.53. The first-order chi connectivity index (χ1) is 7.63. The normalized spacial score (nSPS) is 20.5. The smallest absolute Gasteiger partial charge is 0.223 e. The molecule has 0 aromatic heterocycles. The molecule has 0 saturated carbocycles. The number of thioether (sulfide) groups is 1. The van der Waals surface area contributed by atoms with E-state index >= 15 is 0 Å². The van der Waals surface area contributed by atoms with Crippen molar-refractivity contribution in [3.05, 3.63) is 0 Å². The minimum absolute atomic E-state index is 0.0842. The number of likely N-dealkylation sites (tertiary alicyclic amines) is 1. The molecule has 0 radical (unpaired) electrons. The third kappa shape index (κ3) is 4.51. The van der Waals surface area contributed by atoms with Crippen LogP contribution in [0.2, 0.25) is 0 Å². The maximum Gasteiger partial charge on any atom is 0.223 e. The van der Waals surface area contributed by atoms with E-state index in [4.69, 9.17) is 5.73 Å². The zero-order valence-corrected chi connectivity index (χ0v) is 10.4. The number of carbonyl (C=O) groups excluding carboxylic acids is 2. The van der Waals surface area contributed by atoms with E-state index in [0.29, 0.717) is 26.1 Å². The van der Waals surface area contributed by atoms with Crippen molar-refractivity contribution in [1.82, 2.24) is 10.2 Å². The summed E-state index contributed by atoms with van der Waals surface area (Å²) in [7, 11) is 0. The van der Waals surface area contributed by atoms with Crippen molar-refractivity contribution in [2.24, 2.45) is 5.73 Å². The second kappa shape index (κ2) is 6.88. The fourth-order valence-electron chi connectivity index (χ4n) is 1.71. The fourth-order valence-corrected chi connectivity index (χ4v) is 2.66. The van der Waals surface area contributed by atoms with Crippen molar-refractivity contribution in [1.29, 1.82) is 0 Å². The first kappa shape index (κ1) is 13.5. The van der Waals surface area contributed by atoms with Gasteiger partial charge in [-0.2, -0.15) is 0 Å². The molecule has 0 spiro atoms. The highest BCUT2D eigenvalue weighted by molar-refractivity contribution is 8.14. The van der Waals surface area contributed by atoms with Crippen molar-refractivity contribution in [2.75, 3.05) is 32.7 Å². The van der Waals surface area contributed by atoms with Gasteiger partial charge in [0.15, 0.2) is 5.12 Å². The predicted octanol–water partition coefficient (Wildman–Crippen LogP) is -0.585. The van der Waals surface area contributed by atoms with Crippen LogP contribution in [0.3, 0.4) is 0 Å². The molecule has 6 heteroatoms. The van der Waals surface area contributed by atoms with Gasteiger partial charge in [0.25, 0.3) is 0 Å². The van der Waals surface area contributed by atoms with Gasteiger partial charge in [0.2, 0.25) is 5.91 Å². The number of carbonyl (C=O) groups is 2. The summed E-state index contributed by atoms with van der Waals surface area (Å²) in [4.78, 5) is 24.3. The molecule has 1 saturated heterocycles. The number of nitrogens with one attached hydrogen (secondary N) is 1. The van der Waals surface area contributed by atoms with Gasteiger partial charge in [-0.15, -0.1) is 0 Å². The van der Waals surface area contributed by atoms with Crippen LogP contribution in [0.25, 0.3) is 0 Å². The number of nitrogens with two attached hydrogens (primary N) is 1. The monoisotopic (exact) mass is 245 g/mol. The third-order valence-corrected chi connectivity index (χ3v) is 3.37. The van der Waals surface area contributed by atoms with E-state index < -0.39 is 0 Å². The van der Waals surface area contributed by atoms with E-state index in [1.54, 1.807) is 6.92 Å². The second-order valence-electron chi connectivity index (χ2n) is 3.81. The standard InChI is InChI=1S/C10H19N3O2S/c1-8(14)16-9-6-10(15)13(7-9)5-4-12-3-2-11/h9,12H,2-7,11H2,1H3. The van der Waals surface area contributed by atoms with Crippen LogP contribution in [-0.4, -0.2) is 53.9 Å². The Kier molecular flexibility index (Phi) is 5.79. The average molecular weight is 245 g/mol. The summed E-state index contributed by atoms with van der Waals surface area (Å²) < 4.78 is 0. The number of rotatable bonds is 6. The Morgan fingerprint density at radius 2 is 2.38 bits per heavy atom.